The Balaban J connectivity index is 3.15. The highest BCUT2D eigenvalue weighted by molar-refractivity contribution is 5.66. The Bertz CT molecular complexity index is 114. The zero-order valence-corrected chi connectivity index (χ0v) is 4.60. The first-order valence-corrected chi connectivity index (χ1v) is 2.09. The average molecular weight is 113 g/mol. The Morgan fingerprint density at radius 1 is 2.00 bits per heavy atom. The van der Waals surface area contributed by atoms with Gasteiger partial charge in [0.15, 0.2) is 6.61 Å². The highest BCUT2D eigenvalue weighted by Crippen LogP contribution is 1.70. The number of ether oxygens (including phenoxy) is 1. The highest BCUT2D eigenvalue weighted by Gasteiger charge is 1.90. The lowest BCUT2D eigenvalue weighted by Gasteiger charge is -1.95. The van der Waals surface area contributed by atoms with E-state index in [1.165, 1.54) is 7.05 Å². The summed E-state index contributed by atoms with van der Waals surface area (Å²) in [6.07, 6.45) is 4.28. The van der Waals surface area contributed by atoms with Gasteiger partial charge in [-0.3, -0.25) is 0 Å². The molecular weight excluding hydrogens is 106 g/mol. The molecule has 0 saturated carbocycles. The van der Waals surface area contributed by atoms with Crippen molar-refractivity contribution in [3.8, 4) is 12.3 Å². The van der Waals surface area contributed by atoms with Gasteiger partial charge in [-0.05, 0) is 0 Å². The van der Waals surface area contributed by atoms with E-state index in [4.69, 9.17) is 6.42 Å². The van der Waals surface area contributed by atoms with Gasteiger partial charge in [-0.1, -0.05) is 5.92 Å². The summed E-state index contributed by atoms with van der Waals surface area (Å²) < 4.78 is 4.35. The lowest BCUT2D eigenvalue weighted by atomic mass is 10.8. The molecular formula is C5H7NO2. The molecule has 0 saturated heterocycles. The molecule has 0 unspecified atom stereocenters. The van der Waals surface area contributed by atoms with Crippen LogP contribution in [0.15, 0.2) is 0 Å². The van der Waals surface area contributed by atoms with Crippen molar-refractivity contribution in [1.29, 1.82) is 0 Å². The van der Waals surface area contributed by atoms with Crippen molar-refractivity contribution < 1.29 is 9.53 Å². The molecule has 1 N–H and O–H groups in total. The van der Waals surface area contributed by atoms with Crippen LogP contribution in [0.5, 0.6) is 0 Å². The summed E-state index contributed by atoms with van der Waals surface area (Å²) in [6, 6.07) is 0. The first-order valence-electron chi connectivity index (χ1n) is 2.09. The van der Waals surface area contributed by atoms with Crippen molar-refractivity contribution >= 4 is 6.09 Å². The van der Waals surface area contributed by atoms with E-state index in [9.17, 15) is 4.79 Å². The average Bonchev–Trinajstić information content (AvgIpc) is 1.83. The Morgan fingerprint density at radius 3 is 3.00 bits per heavy atom. The van der Waals surface area contributed by atoms with Crippen LogP contribution in [0.4, 0.5) is 4.79 Å². The minimum Gasteiger partial charge on any atom is -0.436 e. The standard InChI is InChI=1S/C5H7NO2/c1-3-4-8-5(7)6-2/h1H,4H2,2H3,(H,6,7). The predicted molar refractivity (Wildman–Crippen MR) is 29.2 cm³/mol. The Labute approximate surface area is 48.0 Å². The summed E-state index contributed by atoms with van der Waals surface area (Å²) in [6.45, 7) is 0.0275. The Kier molecular flexibility index (Phi) is 3.42. The molecule has 0 aliphatic heterocycles. The van der Waals surface area contributed by atoms with Gasteiger partial charge in [-0.2, -0.15) is 0 Å². The van der Waals surface area contributed by atoms with E-state index in [1.807, 2.05) is 0 Å². The summed E-state index contributed by atoms with van der Waals surface area (Å²) in [5, 5.41) is 2.24. The number of rotatable bonds is 1. The summed E-state index contributed by atoms with van der Waals surface area (Å²) >= 11 is 0. The molecule has 0 heterocycles. The molecule has 0 radical (unpaired) electrons. The molecule has 0 fully saturated rings. The second kappa shape index (κ2) is 4.00. The molecule has 44 valence electrons. The SMILES string of the molecule is C#CCOC(=O)NC. The molecule has 3 nitrogen and oxygen atoms in total. The van der Waals surface area contributed by atoms with Crippen LogP contribution >= 0.6 is 0 Å². The van der Waals surface area contributed by atoms with Crippen LogP contribution in [-0.4, -0.2) is 19.7 Å². The van der Waals surface area contributed by atoms with Crippen molar-refractivity contribution in [2.24, 2.45) is 0 Å². The Hall–Kier alpha value is -1.17. The van der Waals surface area contributed by atoms with Crippen molar-refractivity contribution in [1.82, 2.24) is 5.32 Å². The maximum Gasteiger partial charge on any atom is 0.407 e. The number of carbonyl (C=O) groups excluding carboxylic acids is 1. The minimum absolute atomic E-state index is 0.0275. The highest BCUT2D eigenvalue weighted by atomic mass is 16.5. The molecule has 8 heavy (non-hydrogen) atoms. The number of hydrogen-bond donors (Lipinski definition) is 1. The first-order chi connectivity index (χ1) is 3.81. The molecule has 0 spiro atoms. The van der Waals surface area contributed by atoms with Crippen LogP contribution in [-0.2, 0) is 4.74 Å². The van der Waals surface area contributed by atoms with E-state index in [0.29, 0.717) is 0 Å². The zero-order valence-electron chi connectivity index (χ0n) is 4.60. The molecule has 3 heteroatoms. The summed E-state index contributed by atoms with van der Waals surface area (Å²) in [7, 11) is 1.47. The lowest BCUT2D eigenvalue weighted by molar-refractivity contribution is 0.162. The molecule has 0 atom stereocenters. The number of carbonyl (C=O) groups is 1. The second-order valence-electron chi connectivity index (χ2n) is 1.03. The van der Waals surface area contributed by atoms with E-state index in [-0.39, 0.29) is 6.61 Å². The van der Waals surface area contributed by atoms with E-state index in [1.54, 1.807) is 0 Å². The monoisotopic (exact) mass is 113 g/mol. The fourth-order valence-electron chi connectivity index (χ4n) is 0.179. The van der Waals surface area contributed by atoms with Gasteiger partial charge in [0.1, 0.15) is 0 Å². The number of nitrogens with one attached hydrogen (secondary N) is 1. The molecule has 0 aromatic carbocycles. The molecule has 0 aromatic heterocycles. The third-order valence-electron chi connectivity index (χ3n) is 0.491. The van der Waals surface area contributed by atoms with Crippen LogP contribution in [0.25, 0.3) is 0 Å². The molecule has 0 rings (SSSR count). The zero-order chi connectivity index (χ0) is 6.41. The van der Waals surface area contributed by atoms with Crippen LogP contribution in [0.2, 0.25) is 0 Å². The predicted octanol–water partition coefficient (Wildman–Crippen LogP) is -0.0244. The van der Waals surface area contributed by atoms with Gasteiger partial charge < -0.3 is 10.1 Å². The molecule has 0 aliphatic carbocycles. The lowest BCUT2D eigenvalue weighted by Crippen LogP contribution is -2.18. The van der Waals surface area contributed by atoms with E-state index >= 15 is 0 Å². The second-order valence-corrected chi connectivity index (χ2v) is 1.03. The van der Waals surface area contributed by atoms with Gasteiger partial charge in [0.2, 0.25) is 0 Å². The van der Waals surface area contributed by atoms with E-state index < -0.39 is 6.09 Å². The minimum atomic E-state index is -0.497. The first kappa shape index (κ1) is 6.83. The van der Waals surface area contributed by atoms with Crippen molar-refractivity contribution in [3.63, 3.8) is 0 Å². The van der Waals surface area contributed by atoms with E-state index in [0.717, 1.165) is 0 Å². The van der Waals surface area contributed by atoms with Crippen LogP contribution in [0.3, 0.4) is 0 Å². The van der Waals surface area contributed by atoms with Gasteiger partial charge in [-0.25, -0.2) is 4.79 Å². The van der Waals surface area contributed by atoms with Gasteiger partial charge in [0, 0.05) is 7.05 Å². The number of amides is 1. The number of hydrogen-bond acceptors (Lipinski definition) is 2. The molecule has 1 amide bonds. The van der Waals surface area contributed by atoms with Crippen molar-refractivity contribution in [2.45, 2.75) is 0 Å². The third-order valence-corrected chi connectivity index (χ3v) is 0.491. The van der Waals surface area contributed by atoms with Crippen LogP contribution in [0.1, 0.15) is 0 Å². The summed E-state index contributed by atoms with van der Waals surface area (Å²) in [4.78, 5) is 10.1. The summed E-state index contributed by atoms with van der Waals surface area (Å²) in [5.74, 6) is 2.15. The Morgan fingerprint density at radius 2 is 2.62 bits per heavy atom. The summed E-state index contributed by atoms with van der Waals surface area (Å²) in [5.41, 5.74) is 0. The fraction of sp³-hybridized carbons (Fsp3) is 0.400. The molecule has 0 aliphatic rings. The third kappa shape index (κ3) is 3.04. The van der Waals surface area contributed by atoms with Gasteiger partial charge in [0.05, 0.1) is 0 Å². The van der Waals surface area contributed by atoms with Crippen LogP contribution < -0.4 is 5.32 Å². The van der Waals surface area contributed by atoms with Gasteiger partial charge >= 0.3 is 6.09 Å². The normalized spacial score (nSPS) is 7.00. The molecule has 0 bridgehead atoms. The topological polar surface area (TPSA) is 38.3 Å². The quantitative estimate of drug-likeness (QED) is 0.485. The van der Waals surface area contributed by atoms with Gasteiger partial charge in [0.25, 0.3) is 0 Å². The number of alkyl carbamates (subject to hydrolysis) is 1. The molecule has 0 aromatic rings. The smallest absolute Gasteiger partial charge is 0.407 e. The maximum atomic E-state index is 10.1. The van der Waals surface area contributed by atoms with Crippen LogP contribution in [0, 0.1) is 12.3 Å². The van der Waals surface area contributed by atoms with Crippen molar-refractivity contribution in [3.05, 3.63) is 0 Å². The number of terminal acetylenes is 1. The fourth-order valence-corrected chi connectivity index (χ4v) is 0.179. The maximum absolute atomic E-state index is 10.1. The largest absolute Gasteiger partial charge is 0.436 e. The van der Waals surface area contributed by atoms with Gasteiger partial charge in [-0.15, -0.1) is 6.42 Å². The van der Waals surface area contributed by atoms with E-state index in [2.05, 4.69) is 16.0 Å². The van der Waals surface area contributed by atoms with Crippen molar-refractivity contribution in [2.75, 3.05) is 13.7 Å².